The largest absolute Gasteiger partial charge is 0.493 e. The van der Waals surface area contributed by atoms with Crippen molar-refractivity contribution in [3.8, 4) is 5.75 Å². The van der Waals surface area contributed by atoms with Crippen LogP contribution in [0.3, 0.4) is 0 Å². The van der Waals surface area contributed by atoms with Gasteiger partial charge in [0.25, 0.3) is 5.91 Å². The Bertz CT molecular complexity index is 1150. The molecule has 8 nitrogen and oxygen atoms in total. The zero-order chi connectivity index (χ0) is 23.0. The van der Waals surface area contributed by atoms with Crippen molar-refractivity contribution < 1.29 is 22.3 Å². The molecule has 1 amide bonds. The number of sulfone groups is 1. The molecule has 166 valence electrons. The van der Waals surface area contributed by atoms with E-state index in [1.54, 1.807) is 18.2 Å². The molecule has 1 atom stereocenters. The fourth-order valence-electron chi connectivity index (χ4n) is 3.13. The monoisotopic (exact) mass is 468 g/mol. The molecular formula is C20H22ClFN4O4S. The molecule has 0 saturated heterocycles. The summed E-state index contributed by atoms with van der Waals surface area (Å²) < 4.78 is 43.9. The van der Waals surface area contributed by atoms with E-state index in [0.717, 1.165) is 12.3 Å². The summed E-state index contributed by atoms with van der Waals surface area (Å²) in [4.78, 5) is 16.1. The number of rotatable bonds is 6. The lowest BCUT2D eigenvalue weighted by Crippen LogP contribution is -2.47. The number of hydrogen-bond acceptors (Lipinski definition) is 6. The van der Waals surface area contributed by atoms with Gasteiger partial charge in [-0.15, -0.1) is 0 Å². The van der Waals surface area contributed by atoms with Gasteiger partial charge in [-0.05, 0) is 44.5 Å². The molecule has 2 aromatic rings. The standard InChI is InChI=1S/C20H22ClFN4O4S/c1-20(2,19(23)24)31(28,29)10-11-5-6-30-16-4-3-13(8-14(11)16)26-18(27)17-15(22)7-12(21)9-25-17/h3-4,7-9,11H,5-6,10H2,1-2H3,(H3,23,24)(H,26,27). The maximum Gasteiger partial charge on any atom is 0.277 e. The number of nitrogens with two attached hydrogens (primary N) is 1. The summed E-state index contributed by atoms with van der Waals surface area (Å²) in [5.41, 5.74) is 6.01. The molecule has 0 saturated carbocycles. The van der Waals surface area contributed by atoms with Crippen molar-refractivity contribution in [2.24, 2.45) is 5.73 Å². The highest BCUT2D eigenvalue weighted by Gasteiger charge is 2.40. The molecule has 31 heavy (non-hydrogen) atoms. The zero-order valence-corrected chi connectivity index (χ0v) is 18.5. The Labute approximate surface area is 184 Å². The molecule has 1 aliphatic rings. The summed E-state index contributed by atoms with van der Waals surface area (Å²) in [5, 5.41) is 10.2. The van der Waals surface area contributed by atoms with Crippen LogP contribution in [-0.2, 0) is 9.84 Å². The van der Waals surface area contributed by atoms with Gasteiger partial charge in [-0.2, -0.15) is 0 Å². The number of ether oxygens (including phenoxy) is 1. The van der Waals surface area contributed by atoms with E-state index in [1.165, 1.54) is 13.8 Å². The summed E-state index contributed by atoms with van der Waals surface area (Å²) in [6.45, 7) is 3.13. The summed E-state index contributed by atoms with van der Waals surface area (Å²) in [6.07, 6.45) is 1.60. The molecule has 1 aliphatic heterocycles. The molecule has 0 fully saturated rings. The number of nitrogens with zero attached hydrogens (tertiary/aromatic N) is 1. The Morgan fingerprint density at radius 3 is 2.77 bits per heavy atom. The first kappa shape index (κ1) is 23.0. The fourth-order valence-corrected chi connectivity index (χ4v) is 4.90. The van der Waals surface area contributed by atoms with Crippen LogP contribution < -0.4 is 15.8 Å². The Morgan fingerprint density at radius 1 is 1.42 bits per heavy atom. The zero-order valence-electron chi connectivity index (χ0n) is 16.9. The third kappa shape index (κ3) is 4.64. The number of amidine groups is 1. The van der Waals surface area contributed by atoms with Crippen molar-refractivity contribution in [2.45, 2.75) is 30.9 Å². The molecule has 11 heteroatoms. The topological polar surface area (TPSA) is 135 Å². The highest BCUT2D eigenvalue weighted by atomic mass is 35.5. The number of benzene rings is 1. The quantitative estimate of drug-likeness (QED) is 0.440. The van der Waals surface area contributed by atoms with Gasteiger partial charge >= 0.3 is 0 Å². The van der Waals surface area contributed by atoms with Crippen LogP contribution in [0.1, 0.15) is 42.2 Å². The Kier molecular flexibility index (Phi) is 6.24. The van der Waals surface area contributed by atoms with Gasteiger partial charge < -0.3 is 15.8 Å². The molecule has 0 spiro atoms. The molecule has 2 heterocycles. The van der Waals surface area contributed by atoms with Crippen molar-refractivity contribution >= 4 is 38.9 Å². The molecular weight excluding hydrogens is 447 g/mol. The van der Waals surface area contributed by atoms with Crippen LogP contribution >= 0.6 is 11.6 Å². The van der Waals surface area contributed by atoms with Crippen molar-refractivity contribution in [1.29, 1.82) is 5.41 Å². The fraction of sp³-hybridized carbons (Fsp3) is 0.350. The number of nitrogens with one attached hydrogen (secondary N) is 2. The number of carbonyl (C=O) groups excluding carboxylic acids is 1. The van der Waals surface area contributed by atoms with Gasteiger partial charge in [0.05, 0.1) is 17.4 Å². The number of hydrogen-bond donors (Lipinski definition) is 3. The van der Waals surface area contributed by atoms with Crippen molar-refractivity contribution in [1.82, 2.24) is 4.98 Å². The third-order valence-electron chi connectivity index (χ3n) is 5.30. The highest BCUT2D eigenvalue weighted by molar-refractivity contribution is 7.93. The second-order valence-corrected chi connectivity index (χ2v) is 10.8. The number of fused-ring (bicyclic) bond motifs is 1. The SMILES string of the molecule is CC(C)(C(=N)N)S(=O)(=O)CC1CCOc2ccc(NC(=O)c3ncc(Cl)cc3F)cc21. The maximum absolute atomic E-state index is 14.0. The first-order valence-electron chi connectivity index (χ1n) is 9.38. The van der Waals surface area contributed by atoms with E-state index in [9.17, 15) is 17.6 Å². The van der Waals surface area contributed by atoms with Gasteiger partial charge in [0.2, 0.25) is 0 Å². The van der Waals surface area contributed by atoms with Crippen molar-refractivity contribution in [3.05, 3.63) is 52.6 Å². The summed E-state index contributed by atoms with van der Waals surface area (Å²) in [5.74, 6) is -2.22. The molecule has 1 aromatic heterocycles. The van der Waals surface area contributed by atoms with Gasteiger partial charge in [-0.1, -0.05) is 11.6 Å². The van der Waals surface area contributed by atoms with Crippen LogP contribution in [0.4, 0.5) is 10.1 Å². The molecule has 0 radical (unpaired) electrons. The molecule has 1 unspecified atom stereocenters. The highest BCUT2D eigenvalue weighted by Crippen LogP contribution is 2.38. The van der Waals surface area contributed by atoms with E-state index in [-0.39, 0.29) is 10.8 Å². The first-order chi connectivity index (χ1) is 14.4. The normalized spacial score (nSPS) is 16.2. The Morgan fingerprint density at radius 2 is 2.13 bits per heavy atom. The lowest BCUT2D eigenvalue weighted by Gasteiger charge is -2.30. The van der Waals surface area contributed by atoms with E-state index in [1.807, 2.05) is 0 Å². The summed E-state index contributed by atoms with van der Waals surface area (Å²) in [6, 6.07) is 5.77. The minimum Gasteiger partial charge on any atom is -0.493 e. The first-order valence-corrected chi connectivity index (χ1v) is 11.4. The Balaban J connectivity index is 1.87. The van der Waals surface area contributed by atoms with Gasteiger partial charge in [0.1, 0.15) is 16.3 Å². The Hall–Kier alpha value is -2.72. The van der Waals surface area contributed by atoms with E-state index < -0.39 is 43.8 Å². The average molecular weight is 469 g/mol. The van der Waals surface area contributed by atoms with Crippen LogP contribution in [0, 0.1) is 11.2 Å². The number of carbonyl (C=O) groups is 1. The second kappa shape index (κ2) is 8.43. The predicted octanol–water partition coefficient (Wildman–Crippen LogP) is 3.12. The lowest BCUT2D eigenvalue weighted by atomic mass is 9.94. The minimum atomic E-state index is -3.75. The van der Waals surface area contributed by atoms with E-state index in [4.69, 9.17) is 27.5 Å². The molecule has 0 aliphatic carbocycles. The molecule has 1 aromatic carbocycles. The molecule has 4 N–H and O–H groups in total. The molecule has 0 bridgehead atoms. The van der Waals surface area contributed by atoms with Gasteiger partial charge in [-0.25, -0.2) is 17.8 Å². The predicted molar refractivity (Wildman–Crippen MR) is 116 cm³/mol. The third-order valence-corrected chi connectivity index (χ3v) is 8.12. The van der Waals surface area contributed by atoms with Crippen LogP contribution in [0.2, 0.25) is 5.02 Å². The summed E-state index contributed by atoms with van der Waals surface area (Å²) in [7, 11) is -3.75. The van der Waals surface area contributed by atoms with Crippen LogP contribution in [0.15, 0.2) is 30.5 Å². The molecule has 3 rings (SSSR count). The van der Waals surface area contributed by atoms with Crippen LogP contribution in [0.5, 0.6) is 5.75 Å². The van der Waals surface area contributed by atoms with Crippen LogP contribution in [0.25, 0.3) is 0 Å². The van der Waals surface area contributed by atoms with Gasteiger partial charge in [0.15, 0.2) is 21.3 Å². The number of anilines is 1. The van der Waals surface area contributed by atoms with Crippen LogP contribution in [-0.4, -0.2) is 42.3 Å². The lowest BCUT2D eigenvalue weighted by molar-refractivity contribution is 0.101. The smallest absolute Gasteiger partial charge is 0.277 e. The average Bonchev–Trinajstić information content (AvgIpc) is 2.67. The van der Waals surface area contributed by atoms with Gasteiger partial charge in [0, 0.05) is 23.4 Å². The minimum absolute atomic E-state index is 0.0671. The summed E-state index contributed by atoms with van der Waals surface area (Å²) >= 11 is 5.66. The van der Waals surface area contributed by atoms with E-state index >= 15 is 0 Å². The number of pyridine rings is 1. The second-order valence-electron chi connectivity index (χ2n) is 7.73. The van der Waals surface area contributed by atoms with Crippen molar-refractivity contribution in [3.63, 3.8) is 0 Å². The maximum atomic E-state index is 14.0. The number of halogens is 2. The van der Waals surface area contributed by atoms with E-state index in [0.29, 0.717) is 30.0 Å². The van der Waals surface area contributed by atoms with Crippen molar-refractivity contribution in [2.75, 3.05) is 17.7 Å². The van der Waals surface area contributed by atoms with E-state index in [2.05, 4.69) is 10.3 Å². The number of aromatic nitrogens is 1. The van der Waals surface area contributed by atoms with Gasteiger partial charge in [-0.3, -0.25) is 10.2 Å². The number of amides is 1.